The van der Waals surface area contributed by atoms with Crippen LogP contribution in [0, 0.1) is 20.7 Å². The first-order chi connectivity index (χ1) is 14.9. The Morgan fingerprint density at radius 2 is 1.94 bits per heavy atom. The third-order valence-corrected chi connectivity index (χ3v) is 5.78. The summed E-state index contributed by atoms with van der Waals surface area (Å²) >= 11 is 14.1. The fraction of sp³-hybridized carbons (Fsp3) is 0.0435. The zero-order chi connectivity index (χ0) is 22.4. The van der Waals surface area contributed by atoms with Gasteiger partial charge in [0.2, 0.25) is 0 Å². The second-order valence-corrected chi connectivity index (χ2v) is 8.28. The molecule has 3 aromatic carbocycles. The molecule has 0 aromatic heterocycles. The predicted octanol–water partition coefficient (Wildman–Crippen LogP) is 6.86. The maximum atomic E-state index is 13.3. The maximum absolute atomic E-state index is 13.3. The minimum absolute atomic E-state index is 0.0970. The summed E-state index contributed by atoms with van der Waals surface area (Å²) in [6.07, 6.45) is 1.46. The number of carbonyl (C=O) groups excluding carboxylic acids is 1. The molecule has 8 heteroatoms. The molecule has 0 aliphatic rings. The topological polar surface area (TPSA) is 62.1 Å². The van der Waals surface area contributed by atoms with E-state index in [0.717, 1.165) is 3.57 Å². The van der Waals surface area contributed by atoms with Crippen LogP contribution in [0.5, 0.6) is 5.75 Å². The molecular formula is C23H14Cl2FIN2O2. The minimum atomic E-state index is -0.604. The zero-order valence-corrected chi connectivity index (χ0v) is 19.5. The van der Waals surface area contributed by atoms with Gasteiger partial charge < -0.3 is 10.1 Å². The van der Waals surface area contributed by atoms with Crippen molar-refractivity contribution in [2.24, 2.45) is 0 Å². The molecule has 0 saturated carbocycles. The molecule has 0 spiro atoms. The lowest BCUT2D eigenvalue weighted by Gasteiger charge is -2.10. The van der Waals surface area contributed by atoms with Crippen LogP contribution in [0.4, 0.5) is 10.1 Å². The molecule has 0 bridgehead atoms. The Morgan fingerprint density at radius 1 is 1.16 bits per heavy atom. The van der Waals surface area contributed by atoms with Crippen LogP contribution in [-0.4, -0.2) is 5.91 Å². The minimum Gasteiger partial charge on any atom is -0.488 e. The highest BCUT2D eigenvalue weighted by molar-refractivity contribution is 14.1. The highest BCUT2D eigenvalue weighted by Crippen LogP contribution is 2.30. The summed E-state index contributed by atoms with van der Waals surface area (Å²) in [7, 11) is 0. The molecular weight excluding hydrogens is 553 g/mol. The molecule has 0 radical (unpaired) electrons. The van der Waals surface area contributed by atoms with Crippen LogP contribution >= 0.6 is 45.8 Å². The van der Waals surface area contributed by atoms with E-state index in [1.807, 2.05) is 6.07 Å². The molecule has 31 heavy (non-hydrogen) atoms. The fourth-order valence-corrected chi connectivity index (χ4v) is 3.66. The molecule has 0 fully saturated rings. The maximum Gasteiger partial charge on any atom is 0.266 e. The van der Waals surface area contributed by atoms with Gasteiger partial charge in [-0.1, -0.05) is 47.5 Å². The van der Waals surface area contributed by atoms with E-state index in [4.69, 9.17) is 27.9 Å². The summed E-state index contributed by atoms with van der Waals surface area (Å²) < 4.78 is 19.8. The average Bonchev–Trinajstić information content (AvgIpc) is 2.74. The molecule has 0 unspecified atom stereocenters. The van der Waals surface area contributed by atoms with Crippen molar-refractivity contribution in [3.8, 4) is 11.8 Å². The lowest BCUT2D eigenvalue weighted by Crippen LogP contribution is -2.13. The van der Waals surface area contributed by atoms with Crippen LogP contribution in [-0.2, 0) is 11.4 Å². The lowest BCUT2D eigenvalue weighted by atomic mass is 10.1. The predicted molar refractivity (Wildman–Crippen MR) is 129 cm³/mol. The summed E-state index contributed by atoms with van der Waals surface area (Å²) in [5.74, 6) is -0.318. The van der Waals surface area contributed by atoms with Crippen LogP contribution < -0.4 is 10.1 Å². The van der Waals surface area contributed by atoms with E-state index < -0.39 is 5.91 Å². The van der Waals surface area contributed by atoms with E-state index in [9.17, 15) is 14.4 Å². The molecule has 0 aliphatic carbocycles. The molecule has 0 saturated heterocycles. The van der Waals surface area contributed by atoms with E-state index in [1.54, 1.807) is 48.5 Å². The van der Waals surface area contributed by atoms with E-state index in [1.165, 1.54) is 18.2 Å². The van der Waals surface area contributed by atoms with Gasteiger partial charge in [-0.25, -0.2) is 4.39 Å². The van der Waals surface area contributed by atoms with E-state index in [-0.39, 0.29) is 23.0 Å². The molecule has 4 nitrogen and oxygen atoms in total. The van der Waals surface area contributed by atoms with Gasteiger partial charge in [-0.05, 0) is 76.2 Å². The Hall–Kier alpha value is -2.60. The number of hydrogen-bond donors (Lipinski definition) is 1. The van der Waals surface area contributed by atoms with Gasteiger partial charge in [-0.2, -0.15) is 5.26 Å². The van der Waals surface area contributed by atoms with E-state index in [0.29, 0.717) is 27.6 Å². The summed E-state index contributed by atoms with van der Waals surface area (Å²) in [6, 6.07) is 18.1. The summed E-state index contributed by atoms with van der Waals surface area (Å²) in [6.45, 7) is 0.217. The average molecular weight is 567 g/mol. The van der Waals surface area contributed by atoms with Gasteiger partial charge in [0.05, 0.1) is 19.3 Å². The van der Waals surface area contributed by atoms with Crippen molar-refractivity contribution in [2.45, 2.75) is 6.61 Å². The Bertz CT molecular complexity index is 1210. The van der Waals surface area contributed by atoms with Crippen LogP contribution in [0.2, 0.25) is 10.0 Å². The SMILES string of the molecule is N#C/C(=C/c1ccc(OCc2cccc(F)c2)c(I)c1)C(=O)Nc1cccc(Cl)c1Cl. The Kier molecular flexibility index (Phi) is 7.91. The van der Waals surface area contributed by atoms with Gasteiger partial charge in [0.15, 0.2) is 0 Å². The summed E-state index contributed by atoms with van der Waals surface area (Å²) in [5.41, 5.74) is 1.57. The summed E-state index contributed by atoms with van der Waals surface area (Å²) in [4.78, 5) is 12.5. The second-order valence-electron chi connectivity index (χ2n) is 6.33. The van der Waals surface area contributed by atoms with Gasteiger partial charge in [0, 0.05) is 0 Å². The zero-order valence-electron chi connectivity index (χ0n) is 15.8. The molecule has 1 N–H and O–H groups in total. The third kappa shape index (κ3) is 6.20. The number of ether oxygens (including phenoxy) is 1. The molecule has 0 aliphatic heterocycles. The number of halogens is 4. The number of benzene rings is 3. The number of rotatable bonds is 6. The van der Waals surface area contributed by atoms with Crippen LogP contribution in [0.1, 0.15) is 11.1 Å². The summed E-state index contributed by atoms with van der Waals surface area (Å²) in [5, 5.41) is 12.5. The first kappa shape index (κ1) is 23.1. The largest absolute Gasteiger partial charge is 0.488 e. The smallest absolute Gasteiger partial charge is 0.266 e. The van der Waals surface area contributed by atoms with Gasteiger partial charge >= 0.3 is 0 Å². The molecule has 3 rings (SSSR count). The second kappa shape index (κ2) is 10.6. The van der Waals surface area contributed by atoms with Crippen molar-refractivity contribution in [2.75, 3.05) is 5.32 Å². The van der Waals surface area contributed by atoms with Crippen molar-refractivity contribution in [3.05, 3.63) is 96.8 Å². The van der Waals surface area contributed by atoms with Crippen molar-refractivity contribution in [3.63, 3.8) is 0 Å². The molecule has 1 amide bonds. The van der Waals surface area contributed by atoms with Crippen LogP contribution in [0.15, 0.2) is 66.2 Å². The van der Waals surface area contributed by atoms with Crippen molar-refractivity contribution >= 4 is 63.5 Å². The quantitative estimate of drug-likeness (QED) is 0.201. The van der Waals surface area contributed by atoms with Crippen LogP contribution in [0.3, 0.4) is 0 Å². The highest BCUT2D eigenvalue weighted by atomic mass is 127. The molecule has 156 valence electrons. The van der Waals surface area contributed by atoms with Gasteiger partial charge in [0.25, 0.3) is 5.91 Å². The van der Waals surface area contributed by atoms with Crippen molar-refractivity contribution < 1.29 is 13.9 Å². The molecule has 3 aromatic rings. The van der Waals surface area contributed by atoms with Gasteiger partial charge in [-0.15, -0.1) is 0 Å². The van der Waals surface area contributed by atoms with Gasteiger partial charge in [0.1, 0.15) is 29.8 Å². The number of nitrogens with one attached hydrogen (secondary N) is 1. The number of nitrogens with zero attached hydrogens (tertiary/aromatic N) is 1. The monoisotopic (exact) mass is 566 g/mol. The highest BCUT2D eigenvalue weighted by Gasteiger charge is 2.13. The van der Waals surface area contributed by atoms with E-state index >= 15 is 0 Å². The number of amides is 1. The van der Waals surface area contributed by atoms with Crippen LogP contribution in [0.25, 0.3) is 6.08 Å². The van der Waals surface area contributed by atoms with Gasteiger partial charge in [-0.3, -0.25) is 4.79 Å². The van der Waals surface area contributed by atoms with Crippen molar-refractivity contribution in [1.82, 2.24) is 0 Å². The third-order valence-electron chi connectivity index (χ3n) is 4.12. The first-order valence-corrected chi connectivity index (χ1v) is 10.7. The van der Waals surface area contributed by atoms with E-state index in [2.05, 4.69) is 27.9 Å². The Balaban J connectivity index is 1.73. The normalized spacial score (nSPS) is 11.0. The fourth-order valence-electron chi connectivity index (χ4n) is 2.62. The number of carbonyl (C=O) groups is 1. The standard InChI is InChI=1S/C23H14Cl2FIN2O2/c24-18-5-2-6-20(22(18)25)29-23(30)16(12-28)9-14-7-8-21(19(27)11-14)31-13-15-3-1-4-17(26)10-15/h1-11H,13H2,(H,29,30)/b16-9-. The number of anilines is 1. The Labute approximate surface area is 202 Å². The Morgan fingerprint density at radius 3 is 2.65 bits per heavy atom. The van der Waals surface area contributed by atoms with Crippen molar-refractivity contribution in [1.29, 1.82) is 5.26 Å². The lowest BCUT2D eigenvalue weighted by molar-refractivity contribution is -0.112. The number of hydrogen-bond acceptors (Lipinski definition) is 3. The molecule has 0 heterocycles. The molecule has 0 atom stereocenters. The number of nitriles is 1. The first-order valence-electron chi connectivity index (χ1n) is 8.91.